The summed E-state index contributed by atoms with van der Waals surface area (Å²) >= 11 is 6.11. The van der Waals surface area contributed by atoms with Gasteiger partial charge in [-0.05, 0) is 25.0 Å². The lowest BCUT2D eigenvalue weighted by atomic mass is 10.2. The minimum atomic E-state index is -0.437. The minimum absolute atomic E-state index is 0.281. The summed E-state index contributed by atoms with van der Waals surface area (Å²) in [6, 6.07) is 1.82. The zero-order chi connectivity index (χ0) is 15.2. The third kappa shape index (κ3) is 3.58. The van der Waals surface area contributed by atoms with Gasteiger partial charge in [-0.2, -0.15) is 0 Å². The quantitative estimate of drug-likeness (QED) is 0.767. The van der Waals surface area contributed by atoms with Gasteiger partial charge in [0.05, 0.1) is 23.9 Å². The van der Waals surface area contributed by atoms with E-state index in [-0.39, 0.29) is 5.69 Å². The molecule has 112 valence electrons. The van der Waals surface area contributed by atoms with Gasteiger partial charge in [0, 0.05) is 12.4 Å². The first-order chi connectivity index (χ1) is 10.2. The van der Waals surface area contributed by atoms with Crippen molar-refractivity contribution in [1.82, 2.24) is 20.0 Å². The zero-order valence-corrected chi connectivity index (χ0v) is 12.8. The van der Waals surface area contributed by atoms with Crippen LogP contribution in [0.15, 0.2) is 18.5 Å². The fraction of sp³-hybridized carbons (Fsp3) is 0.429. The van der Waals surface area contributed by atoms with Crippen LogP contribution < -0.4 is 0 Å². The van der Waals surface area contributed by atoms with Gasteiger partial charge in [0.1, 0.15) is 0 Å². The highest BCUT2D eigenvalue weighted by Gasteiger charge is 2.20. The predicted molar refractivity (Wildman–Crippen MR) is 78.3 cm³/mol. The number of carbonyl (C=O) groups is 1. The molecule has 0 fully saturated rings. The Morgan fingerprint density at radius 2 is 2.24 bits per heavy atom. The number of ether oxygens (including phenoxy) is 1. The summed E-state index contributed by atoms with van der Waals surface area (Å²) in [7, 11) is 0. The Balaban J connectivity index is 2.31. The lowest BCUT2D eigenvalue weighted by molar-refractivity contribution is 0.0518. The van der Waals surface area contributed by atoms with Gasteiger partial charge in [-0.25, -0.2) is 9.48 Å². The van der Waals surface area contributed by atoms with Gasteiger partial charge >= 0.3 is 5.97 Å². The van der Waals surface area contributed by atoms with Gasteiger partial charge in [-0.15, -0.1) is 5.10 Å². The van der Waals surface area contributed by atoms with Crippen molar-refractivity contribution in [3.63, 3.8) is 0 Å². The number of hydrogen-bond acceptors (Lipinski definition) is 5. The van der Waals surface area contributed by atoms with E-state index in [1.807, 2.05) is 13.0 Å². The SMILES string of the molecule is CCCc1c(C(=O)OCC)nnn1Cc1ccncc1Cl. The lowest BCUT2D eigenvalue weighted by Gasteiger charge is -2.08. The monoisotopic (exact) mass is 308 g/mol. The first kappa shape index (κ1) is 15.4. The molecule has 0 unspecified atom stereocenters. The summed E-state index contributed by atoms with van der Waals surface area (Å²) < 4.78 is 6.70. The van der Waals surface area contributed by atoms with Crippen LogP contribution >= 0.6 is 11.6 Å². The molecule has 0 radical (unpaired) electrons. The highest BCUT2D eigenvalue weighted by atomic mass is 35.5. The largest absolute Gasteiger partial charge is 0.461 e. The number of esters is 1. The average Bonchev–Trinajstić information content (AvgIpc) is 2.85. The summed E-state index contributed by atoms with van der Waals surface area (Å²) in [5, 5.41) is 8.58. The van der Waals surface area contributed by atoms with Crippen molar-refractivity contribution in [3.05, 3.63) is 40.4 Å². The van der Waals surface area contributed by atoms with E-state index in [9.17, 15) is 4.79 Å². The molecule has 21 heavy (non-hydrogen) atoms. The molecular formula is C14H17ClN4O2. The number of nitrogens with zero attached hydrogens (tertiary/aromatic N) is 4. The number of carbonyl (C=O) groups excluding carboxylic acids is 1. The summed E-state index contributed by atoms with van der Waals surface area (Å²) in [5.41, 5.74) is 1.93. The maximum absolute atomic E-state index is 11.9. The molecule has 6 nitrogen and oxygen atoms in total. The fourth-order valence-electron chi connectivity index (χ4n) is 2.00. The summed E-state index contributed by atoms with van der Waals surface area (Å²) in [5.74, 6) is -0.437. The Morgan fingerprint density at radius 3 is 2.90 bits per heavy atom. The van der Waals surface area contributed by atoms with E-state index in [1.165, 1.54) is 0 Å². The van der Waals surface area contributed by atoms with Gasteiger partial charge in [0.2, 0.25) is 0 Å². The van der Waals surface area contributed by atoms with Gasteiger partial charge in [0.15, 0.2) is 5.69 Å². The molecule has 0 N–H and O–H groups in total. The Labute approximate surface area is 128 Å². The zero-order valence-electron chi connectivity index (χ0n) is 12.0. The topological polar surface area (TPSA) is 69.9 Å². The minimum Gasteiger partial charge on any atom is -0.461 e. The summed E-state index contributed by atoms with van der Waals surface area (Å²) in [6.07, 6.45) is 4.83. The standard InChI is InChI=1S/C14H17ClN4O2/c1-3-5-12-13(14(20)21-4-2)17-18-19(12)9-10-6-7-16-8-11(10)15/h6-8H,3-5,9H2,1-2H3. The second-order valence-corrected chi connectivity index (χ2v) is 4.89. The Morgan fingerprint density at radius 1 is 1.43 bits per heavy atom. The third-order valence-electron chi connectivity index (χ3n) is 2.97. The molecule has 0 aliphatic heterocycles. The fourth-order valence-corrected chi connectivity index (χ4v) is 2.17. The van der Waals surface area contributed by atoms with Crippen LogP contribution in [0.25, 0.3) is 0 Å². The average molecular weight is 309 g/mol. The van der Waals surface area contributed by atoms with Crippen molar-refractivity contribution in [2.75, 3.05) is 6.61 Å². The van der Waals surface area contributed by atoms with Crippen molar-refractivity contribution in [3.8, 4) is 0 Å². The molecule has 0 saturated heterocycles. The van der Waals surface area contributed by atoms with Crippen molar-refractivity contribution in [1.29, 1.82) is 0 Å². The normalized spacial score (nSPS) is 10.6. The summed E-state index contributed by atoms with van der Waals surface area (Å²) in [6.45, 7) is 4.56. The Kier molecular flexibility index (Phi) is 5.27. The number of rotatable bonds is 6. The van der Waals surface area contributed by atoms with Crippen molar-refractivity contribution >= 4 is 17.6 Å². The number of aromatic nitrogens is 4. The number of halogens is 1. The molecule has 7 heteroatoms. The molecule has 0 aliphatic carbocycles. The van der Waals surface area contributed by atoms with Crippen LogP contribution in [-0.2, 0) is 17.7 Å². The van der Waals surface area contributed by atoms with Crippen LogP contribution in [0, 0.1) is 0 Å². The molecule has 0 atom stereocenters. The third-order valence-corrected chi connectivity index (χ3v) is 3.31. The first-order valence-electron chi connectivity index (χ1n) is 6.85. The summed E-state index contributed by atoms with van der Waals surface area (Å²) in [4.78, 5) is 15.9. The van der Waals surface area contributed by atoms with Crippen molar-refractivity contribution in [2.24, 2.45) is 0 Å². The van der Waals surface area contributed by atoms with E-state index in [0.29, 0.717) is 24.6 Å². The van der Waals surface area contributed by atoms with Gasteiger partial charge < -0.3 is 4.74 Å². The molecular weight excluding hydrogens is 292 g/mol. The highest BCUT2D eigenvalue weighted by molar-refractivity contribution is 6.31. The molecule has 2 heterocycles. The van der Waals surface area contributed by atoms with E-state index >= 15 is 0 Å². The predicted octanol–water partition coefficient (Wildman–Crippen LogP) is 2.50. The highest BCUT2D eigenvalue weighted by Crippen LogP contribution is 2.17. The first-order valence-corrected chi connectivity index (χ1v) is 7.23. The van der Waals surface area contributed by atoms with E-state index in [4.69, 9.17) is 16.3 Å². The second-order valence-electron chi connectivity index (χ2n) is 4.48. The molecule has 2 aromatic rings. The number of pyridine rings is 1. The Hall–Kier alpha value is -1.95. The van der Waals surface area contributed by atoms with Crippen LogP contribution in [0.1, 0.15) is 42.0 Å². The lowest BCUT2D eigenvalue weighted by Crippen LogP contribution is -2.12. The van der Waals surface area contributed by atoms with Gasteiger partial charge in [0.25, 0.3) is 0 Å². The second kappa shape index (κ2) is 7.17. The Bertz CT molecular complexity index is 627. The maximum Gasteiger partial charge on any atom is 0.360 e. The van der Waals surface area contributed by atoms with Crippen LogP contribution in [0.5, 0.6) is 0 Å². The molecule has 0 aliphatic rings. The van der Waals surface area contributed by atoms with E-state index in [2.05, 4.69) is 15.3 Å². The maximum atomic E-state index is 11.9. The van der Waals surface area contributed by atoms with Crippen molar-refractivity contribution in [2.45, 2.75) is 33.2 Å². The molecule has 0 bridgehead atoms. The number of hydrogen-bond donors (Lipinski definition) is 0. The van der Waals surface area contributed by atoms with Crippen LogP contribution in [-0.4, -0.2) is 32.6 Å². The molecule has 0 saturated carbocycles. The molecule has 2 rings (SSSR count). The van der Waals surface area contributed by atoms with E-state index < -0.39 is 5.97 Å². The smallest absolute Gasteiger partial charge is 0.360 e. The van der Waals surface area contributed by atoms with Gasteiger partial charge in [-0.3, -0.25) is 4.98 Å². The molecule has 0 spiro atoms. The van der Waals surface area contributed by atoms with Crippen LogP contribution in [0.4, 0.5) is 0 Å². The van der Waals surface area contributed by atoms with E-state index in [1.54, 1.807) is 24.0 Å². The van der Waals surface area contributed by atoms with Crippen LogP contribution in [0.2, 0.25) is 5.02 Å². The van der Waals surface area contributed by atoms with Crippen molar-refractivity contribution < 1.29 is 9.53 Å². The molecule has 0 amide bonds. The molecule has 2 aromatic heterocycles. The molecule has 0 aromatic carbocycles. The van der Waals surface area contributed by atoms with Gasteiger partial charge in [-0.1, -0.05) is 30.2 Å². The van der Waals surface area contributed by atoms with Crippen LogP contribution in [0.3, 0.4) is 0 Å². The van der Waals surface area contributed by atoms with E-state index in [0.717, 1.165) is 17.7 Å².